The molecule has 0 aromatic heterocycles. The zero-order valence-corrected chi connectivity index (χ0v) is 19.7. The molecule has 5 atom stereocenters. The molecule has 1 fully saturated rings. The summed E-state index contributed by atoms with van der Waals surface area (Å²) in [6, 6.07) is 30.3. The summed E-state index contributed by atoms with van der Waals surface area (Å²) in [5, 5.41) is 10.6. The molecule has 1 N–H and O–H groups in total. The van der Waals surface area contributed by atoms with Gasteiger partial charge in [0.2, 0.25) is 0 Å². The van der Waals surface area contributed by atoms with Crippen molar-refractivity contribution in [3.63, 3.8) is 0 Å². The molecule has 6 heteroatoms. The molecule has 0 amide bonds. The van der Waals surface area contributed by atoms with Crippen molar-refractivity contribution >= 4 is 0 Å². The van der Waals surface area contributed by atoms with Gasteiger partial charge in [-0.15, -0.1) is 0 Å². The van der Waals surface area contributed by atoms with Crippen LogP contribution < -0.4 is 0 Å². The second-order valence-electron chi connectivity index (χ2n) is 8.26. The van der Waals surface area contributed by atoms with Crippen LogP contribution in [0.3, 0.4) is 0 Å². The molecule has 0 unspecified atom stereocenters. The van der Waals surface area contributed by atoms with Gasteiger partial charge in [0, 0.05) is 21.3 Å². The summed E-state index contributed by atoms with van der Waals surface area (Å²) in [6.07, 6.45) is -3.46. The molecule has 0 bridgehead atoms. The number of rotatable bonds is 9. The molecule has 3 aromatic rings. The van der Waals surface area contributed by atoms with Crippen molar-refractivity contribution in [2.75, 3.05) is 27.9 Å². The van der Waals surface area contributed by atoms with Crippen LogP contribution in [0.5, 0.6) is 0 Å². The van der Waals surface area contributed by atoms with Gasteiger partial charge < -0.3 is 28.8 Å². The first-order chi connectivity index (χ1) is 16.7. The monoisotopic (exact) mass is 464 g/mol. The fourth-order valence-corrected chi connectivity index (χ4v) is 4.81. The van der Waals surface area contributed by atoms with Gasteiger partial charge >= 0.3 is 0 Å². The first kappa shape index (κ1) is 24.5. The molecule has 1 heterocycles. The molecule has 0 aliphatic carbocycles. The minimum atomic E-state index is -1.17. The predicted octanol–water partition coefficient (Wildman–Crippen LogP) is 3.76. The van der Waals surface area contributed by atoms with Crippen LogP contribution in [0, 0.1) is 0 Å². The van der Waals surface area contributed by atoms with Crippen molar-refractivity contribution in [3.8, 4) is 0 Å². The van der Waals surface area contributed by atoms with Gasteiger partial charge in [-0.25, -0.2) is 0 Å². The van der Waals surface area contributed by atoms with Crippen molar-refractivity contribution in [1.29, 1.82) is 0 Å². The molecule has 1 aliphatic rings. The van der Waals surface area contributed by atoms with Gasteiger partial charge in [0.25, 0.3) is 0 Å². The largest absolute Gasteiger partial charge is 0.376 e. The van der Waals surface area contributed by atoms with Crippen LogP contribution in [-0.2, 0) is 29.3 Å². The Bertz CT molecular complexity index is 901. The number of aliphatic hydroxyl groups excluding tert-OH is 1. The average Bonchev–Trinajstić information content (AvgIpc) is 2.90. The molecule has 1 aliphatic heterocycles. The Morgan fingerprint density at radius 3 is 1.44 bits per heavy atom. The Morgan fingerprint density at radius 2 is 1.06 bits per heavy atom. The SMILES string of the molecule is CO[C@H]1[C@@H](OC)[C@@H](O)O[C@@H](COC(c2ccccc2)(c2ccccc2)c2ccccc2)[C@H]1OC. The van der Waals surface area contributed by atoms with Crippen LogP contribution >= 0.6 is 0 Å². The standard InChI is InChI=1S/C28H32O6/c1-30-24-23(34-27(29)26(32-3)25(24)31-2)19-33-28(20-13-7-4-8-14-20,21-15-9-5-10-16-21)22-17-11-6-12-18-22/h4-18,23-27,29H,19H2,1-3H3/t23-,24+,25+,26+,27-/m0/s1. The second-order valence-corrected chi connectivity index (χ2v) is 8.26. The maximum atomic E-state index is 10.6. The van der Waals surface area contributed by atoms with E-state index in [0.717, 1.165) is 16.7 Å². The third-order valence-electron chi connectivity index (χ3n) is 6.43. The number of methoxy groups -OCH3 is 3. The lowest BCUT2D eigenvalue weighted by Gasteiger charge is -2.44. The minimum Gasteiger partial charge on any atom is -0.376 e. The lowest BCUT2D eigenvalue weighted by Crippen LogP contribution is -2.61. The Labute approximate surface area is 201 Å². The smallest absolute Gasteiger partial charge is 0.184 e. The highest BCUT2D eigenvalue weighted by molar-refractivity contribution is 5.47. The highest BCUT2D eigenvalue weighted by Gasteiger charge is 2.48. The fraction of sp³-hybridized carbons (Fsp3) is 0.357. The van der Waals surface area contributed by atoms with Gasteiger partial charge in [0.05, 0.1) is 6.61 Å². The molecular formula is C28H32O6. The average molecular weight is 465 g/mol. The number of aliphatic hydroxyl groups is 1. The fourth-order valence-electron chi connectivity index (χ4n) is 4.81. The van der Waals surface area contributed by atoms with Crippen LogP contribution in [-0.4, -0.2) is 63.7 Å². The van der Waals surface area contributed by atoms with E-state index in [1.54, 1.807) is 14.2 Å². The summed E-state index contributed by atoms with van der Waals surface area (Å²) in [5.74, 6) is 0. The normalized spacial score (nSPS) is 25.2. The molecule has 0 saturated carbocycles. The van der Waals surface area contributed by atoms with Gasteiger partial charge in [0.15, 0.2) is 6.29 Å². The third-order valence-corrected chi connectivity index (χ3v) is 6.43. The van der Waals surface area contributed by atoms with Crippen molar-refractivity contribution in [3.05, 3.63) is 108 Å². The van der Waals surface area contributed by atoms with Gasteiger partial charge in [-0.05, 0) is 16.7 Å². The van der Waals surface area contributed by atoms with E-state index in [9.17, 15) is 5.11 Å². The molecule has 3 aromatic carbocycles. The molecule has 180 valence electrons. The third kappa shape index (κ3) is 4.66. The summed E-state index contributed by atoms with van der Waals surface area (Å²) in [7, 11) is 4.68. The van der Waals surface area contributed by atoms with E-state index in [0.29, 0.717) is 0 Å². The van der Waals surface area contributed by atoms with Gasteiger partial charge in [0.1, 0.15) is 30.0 Å². The van der Waals surface area contributed by atoms with Gasteiger partial charge in [-0.3, -0.25) is 0 Å². The topological polar surface area (TPSA) is 66.4 Å². The molecule has 34 heavy (non-hydrogen) atoms. The lowest BCUT2D eigenvalue weighted by molar-refractivity contribution is -0.304. The highest BCUT2D eigenvalue weighted by Crippen LogP contribution is 2.41. The zero-order chi connectivity index (χ0) is 24.0. The first-order valence-corrected chi connectivity index (χ1v) is 11.4. The lowest BCUT2D eigenvalue weighted by atomic mass is 9.80. The molecule has 6 nitrogen and oxygen atoms in total. The molecule has 4 rings (SSSR count). The van der Waals surface area contributed by atoms with Crippen molar-refractivity contribution in [1.82, 2.24) is 0 Å². The first-order valence-electron chi connectivity index (χ1n) is 11.4. The van der Waals surface area contributed by atoms with Crippen LogP contribution in [0.25, 0.3) is 0 Å². The van der Waals surface area contributed by atoms with Gasteiger partial charge in [-0.2, -0.15) is 0 Å². The number of benzene rings is 3. The summed E-state index contributed by atoms with van der Waals surface area (Å²) >= 11 is 0. The van der Waals surface area contributed by atoms with Crippen molar-refractivity contribution < 1.29 is 28.8 Å². The highest BCUT2D eigenvalue weighted by atomic mass is 16.7. The van der Waals surface area contributed by atoms with Crippen molar-refractivity contribution in [2.45, 2.75) is 36.3 Å². The van der Waals surface area contributed by atoms with E-state index < -0.39 is 36.3 Å². The summed E-state index contributed by atoms with van der Waals surface area (Å²) in [6.45, 7) is 0.143. The van der Waals surface area contributed by atoms with Crippen molar-refractivity contribution in [2.24, 2.45) is 0 Å². The number of ether oxygens (including phenoxy) is 5. The Hall–Kier alpha value is -2.58. The number of hydrogen-bond donors (Lipinski definition) is 1. The maximum absolute atomic E-state index is 10.6. The van der Waals surface area contributed by atoms with Crippen LogP contribution in [0.1, 0.15) is 16.7 Å². The van der Waals surface area contributed by atoms with Crippen LogP contribution in [0.15, 0.2) is 91.0 Å². The molecule has 0 radical (unpaired) electrons. The Kier molecular flexibility index (Phi) is 8.11. The summed E-state index contributed by atoms with van der Waals surface area (Å²) in [5.41, 5.74) is 2.04. The van der Waals surface area contributed by atoms with E-state index in [1.165, 1.54) is 7.11 Å². The van der Waals surface area contributed by atoms with Crippen LogP contribution in [0.2, 0.25) is 0 Å². The van der Waals surface area contributed by atoms with E-state index in [1.807, 2.05) is 54.6 Å². The number of hydrogen-bond acceptors (Lipinski definition) is 6. The molecule has 0 spiro atoms. The molecule has 1 saturated heterocycles. The quantitative estimate of drug-likeness (QED) is 0.487. The Morgan fingerprint density at radius 1 is 0.647 bits per heavy atom. The Balaban J connectivity index is 1.76. The second kappa shape index (κ2) is 11.2. The van der Waals surface area contributed by atoms with E-state index >= 15 is 0 Å². The van der Waals surface area contributed by atoms with Gasteiger partial charge in [-0.1, -0.05) is 91.0 Å². The van der Waals surface area contributed by atoms with E-state index in [2.05, 4.69) is 36.4 Å². The maximum Gasteiger partial charge on any atom is 0.184 e. The zero-order valence-electron chi connectivity index (χ0n) is 19.7. The predicted molar refractivity (Wildman–Crippen MR) is 128 cm³/mol. The van der Waals surface area contributed by atoms with Crippen LogP contribution in [0.4, 0.5) is 0 Å². The van der Waals surface area contributed by atoms with E-state index in [4.69, 9.17) is 23.7 Å². The van der Waals surface area contributed by atoms with E-state index in [-0.39, 0.29) is 6.61 Å². The molecular weight excluding hydrogens is 432 g/mol. The summed E-state index contributed by atoms with van der Waals surface area (Å²) in [4.78, 5) is 0. The minimum absolute atomic E-state index is 0.143. The summed E-state index contributed by atoms with van der Waals surface area (Å²) < 4.78 is 29.6.